The fourth-order valence-electron chi connectivity index (χ4n) is 3.95. The first kappa shape index (κ1) is 16.2. The van der Waals surface area contributed by atoms with E-state index in [-0.39, 0.29) is 5.91 Å². The number of nitrogens with zero attached hydrogens (tertiary/aromatic N) is 4. The first-order valence-electron chi connectivity index (χ1n) is 8.70. The molecule has 4 rings (SSSR count). The van der Waals surface area contributed by atoms with E-state index in [0.717, 1.165) is 18.8 Å². The van der Waals surface area contributed by atoms with Gasteiger partial charge in [-0.3, -0.25) is 4.79 Å². The average molecular weight is 342 g/mol. The van der Waals surface area contributed by atoms with Crippen LogP contribution < -0.4 is 0 Å². The third-order valence-corrected chi connectivity index (χ3v) is 5.16. The van der Waals surface area contributed by atoms with Crippen molar-refractivity contribution < 1.29 is 14.1 Å². The summed E-state index contributed by atoms with van der Waals surface area (Å²) in [6.07, 6.45) is 0.701. The number of aryl methyl sites for hydroxylation is 2. The van der Waals surface area contributed by atoms with E-state index in [0.29, 0.717) is 54.8 Å². The van der Waals surface area contributed by atoms with Crippen LogP contribution in [0.5, 0.6) is 0 Å². The van der Waals surface area contributed by atoms with Crippen LogP contribution >= 0.6 is 0 Å². The smallest absolute Gasteiger partial charge is 0.272 e. The maximum absolute atomic E-state index is 12.8. The molecule has 2 aromatic heterocycles. The van der Waals surface area contributed by atoms with Gasteiger partial charge in [0.25, 0.3) is 5.91 Å². The number of ether oxygens (including phenoxy) is 1. The molecule has 2 aliphatic rings. The van der Waals surface area contributed by atoms with E-state index in [1.807, 2.05) is 30.9 Å². The summed E-state index contributed by atoms with van der Waals surface area (Å²) in [5.74, 6) is 2.35. The monoisotopic (exact) mass is 342 g/mol. The quantitative estimate of drug-likeness (QED) is 0.844. The molecule has 2 aromatic rings. The standard InChI is InChI=1S/C18H22N4O3/c1-11-4-3-5-16(19-11)18(23)22-7-14-10-24-9-13(15(14)8-22)6-17-20-12(2)21-25-17/h3-5,13-15H,6-10H2,1-2H3/t13-,14-,15+/m1/s1. The predicted molar refractivity (Wildman–Crippen MR) is 88.9 cm³/mol. The molecule has 0 aromatic carbocycles. The second-order valence-corrected chi connectivity index (χ2v) is 7.04. The molecule has 7 nitrogen and oxygen atoms in total. The Balaban J connectivity index is 1.47. The molecule has 0 radical (unpaired) electrons. The second kappa shape index (κ2) is 6.55. The van der Waals surface area contributed by atoms with Crippen molar-refractivity contribution in [2.45, 2.75) is 20.3 Å². The maximum Gasteiger partial charge on any atom is 0.272 e. The molecule has 0 bridgehead atoms. The van der Waals surface area contributed by atoms with Gasteiger partial charge in [-0.25, -0.2) is 4.98 Å². The van der Waals surface area contributed by atoms with Crippen LogP contribution in [0.1, 0.15) is 27.9 Å². The van der Waals surface area contributed by atoms with Crippen LogP contribution in [0, 0.1) is 31.6 Å². The predicted octanol–water partition coefficient (Wildman–Crippen LogP) is 1.66. The molecule has 1 amide bonds. The summed E-state index contributed by atoms with van der Waals surface area (Å²) in [6.45, 7) is 6.55. The number of pyridine rings is 1. The van der Waals surface area contributed by atoms with Gasteiger partial charge in [0, 0.05) is 31.1 Å². The number of hydrogen-bond acceptors (Lipinski definition) is 6. The Hall–Kier alpha value is -2.28. The number of carbonyl (C=O) groups is 1. The van der Waals surface area contributed by atoms with Crippen molar-refractivity contribution >= 4 is 5.91 Å². The van der Waals surface area contributed by atoms with Gasteiger partial charge in [0.2, 0.25) is 5.89 Å². The van der Waals surface area contributed by atoms with E-state index in [4.69, 9.17) is 9.26 Å². The van der Waals surface area contributed by atoms with Gasteiger partial charge in [0.1, 0.15) is 5.69 Å². The van der Waals surface area contributed by atoms with Gasteiger partial charge >= 0.3 is 0 Å². The fourth-order valence-corrected chi connectivity index (χ4v) is 3.95. The number of likely N-dealkylation sites (tertiary alicyclic amines) is 1. The van der Waals surface area contributed by atoms with Crippen molar-refractivity contribution in [1.29, 1.82) is 0 Å². The van der Waals surface area contributed by atoms with Crippen LogP contribution in [0.4, 0.5) is 0 Å². The largest absolute Gasteiger partial charge is 0.381 e. The molecule has 2 fully saturated rings. The zero-order chi connectivity index (χ0) is 17.4. The topological polar surface area (TPSA) is 81.4 Å². The fraction of sp³-hybridized carbons (Fsp3) is 0.556. The lowest BCUT2D eigenvalue weighted by atomic mass is 9.81. The van der Waals surface area contributed by atoms with Crippen molar-refractivity contribution in [2.24, 2.45) is 17.8 Å². The van der Waals surface area contributed by atoms with E-state index in [1.165, 1.54) is 0 Å². The summed E-state index contributed by atoms with van der Waals surface area (Å²) in [5, 5.41) is 3.86. The molecule has 0 aliphatic carbocycles. The molecule has 0 N–H and O–H groups in total. The highest BCUT2D eigenvalue weighted by Crippen LogP contribution is 2.36. The van der Waals surface area contributed by atoms with Crippen LogP contribution in [0.2, 0.25) is 0 Å². The SMILES string of the molecule is Cc1cccc(C(=O)N2C[C@@H]3COC[C@@H](Cc4nc(C)no4)[C@@H]3C2)n1. The van der Waals surface area contributed by atoms with Crippen molar-refractivity contribution in [3.63, 3.8) is 0 Å². The van der Waals surface area contributed by atoms with Crippen molar-refractivity contribution in [3.05, 3.63) is 41.3 Å². The number of amides is 1. The summed E-state index contributed by atoms with van der Waals surface area (Å²) in [7, 11) is 0. The molecule has 132 valence electrons. The second-order valence-electron chi connectivity index (χ2n) is 7.04. The Bertz CT molecular complexity index is 775. The molecule has 2 aliphatic heterocycles. The van der Waals surface area contributed by atoms with E-state index in [1.54, 1.807) is 6.07 Å². The third kappa shape index (κ3) is 3.28. The van der Waals surface area contributed by atoms with Crippen molar-refractivity contribution in [1.82, 2.24) is 20.0 Å². The molecular formula is C18H22N4O3. The summed E-state index contributed by atoms with van der Waals surface area (Å²) in [4.78, 5) is 23.4. The Morgan fingerprint density at radius 2 is 2.12 bits per heavy atom. The molecule has 25 heavy (non-hydrogen) atoms. The molecule has 0 unspecified atom stereocenters. The van der Waals surface area contributed by atoms with E-state index in [9.17, 15) is 4.79 Å². The normalized spacial score (nSPS) is 25.8. The van der Waals surface area contributed by atoms with Crippen molar-refractivity contribution in [3.8, 4) is 0 Å². The van der Waals surface area contributed by atoms with Gasteiger partial charge in [-0.05, 0) is 37.8 Å². The number of fused-ring (bicyclic) bond motifs is 1. The van der Waals surface area contributed by atoms with Gasteiger partial charge < -0.3 is 14.2 Å². The molecule has 4 heterocycles. The summed E-state index contributed by atoms with van der Waals surface area (Å²) < 4.78 is 11.0. The summed E-state index contributed by atoms with van der Waals surface area (Å²) >= 11 is 0. The molecule has 0 spiro atoms. The van der Waals surface area contributed by atoms with Crippen LogP contribution in [0.25, 0.3) is 0 Å². The molecule has 3 atom stereocenters. The minimum Gasteiger partial charge on any atom is -0.381 e. The number of rotatable bonds is 3. The Morgan fingerprint density at radius 3 is 2.88 bits per heavy atom. The lowest BCUT2D eigenvalue weighted by molar-refractivity contribution is -0.0110. The summed E-state index contributed by atoms with van der Waals surface area (Å²) in [6, 6.07) is 5.56. The lowest BCUT2D eigenvalue weighted by Crippen LogP contribution is -2.36. The van der Waals surface area contributed by atoms with Gasteiger partial charge in [0.15, 0.2) is 5.82 Å². The molecular weight excluding hydrogens is 320 g/mol. The highest BCUT2D eigenvalue weighted by molar-refractivity contribution is 5.92. The van der Waals surface area contributed by atoms with Crippen LogP contribution in [0.3, 0.4) is 0 Å². The Morgan fingerprint density at radius 1 is 1.24 bits per heavy atom. The minimum atomic E-state index is 0.00508. The van der Waals surface area contributed by atoms with Gasteiger partial charge in [-0.2, -0.15) is 4.98 Å². The zero-order valence-electron chi connectivity index (χ0n) is 14.5. The molecule has 7 heteroatoms. The lowest BCUT2D eigenvalue weighted by Gasteiger charge is -2.31. The maximum atomic E-state index is 12.8. The van der Waals surface area contributed by atoms with E-state index < -0.39 is 0 Å². The molecule has 0 saturated carbocycles. The van der Waals surface area contributed by atoms with Gasteiger partial charge in [0.05, 0.1) is 13.2 Å². The zero-order valence-corrected chi connectivity index (χ0v) is 14.5. The average Bonchev–Trinajstić information content (AvgIpc) is 3.21. The highest BCUT2D eigenvalue weighted by Gasteiger charge is 2.43. The molecule has 2 saturated heterocycles. The van der Waals surface area contributed by atoms with Gasteiger partial charge in [-0.15, -0.1) is 0 Å². The summed E-state index contributed by atoms with van der Waals surface area (Å²) in [5.41, 5.74) is 1.37. The third-order valence-electron chi connectivity index (χ3n) is 5.16. The van der Waals surface area contributed by atoms with Crippen molar-refractivity contribution in [2.75, 3.05) is 26.3 Å². The first-order valence-corrected chi connectivity index (χ1v) is 8.70. The Kier molecular flexibility index (Phi) is 4.25. The van der Waals surface area contributed by atoms with Crippen LogP contribution in [-0.2, 0) is 11.2 Å². The highest BCUT2D eigenvalue weighted by atomic mass is 16.5. The number of hydrogen-bond donors (Lipinski definition) is 0. The Labute approximate surface area is 146 Å². The van der Waals surface area contributed by atoms with Crippen LogP contribution in [-0.4, -0.2) is 52.2 Å². The first-order chi connectivity index (χ1) is 12.1. The van der Waals surface area contributed by atoms with E-state index >= 15 is 0 Å². The minimum absolute atomic E-state index is 0.00508. The van der Waals surface area contributed by atoms with Gasteiger partial charge in [-0.1, -0.05) is 11.2 Å². The number of aromatic nitrogens is 3. The van der Waals surface area contributed by atoms with Crippen LogP contribution in [0.15, 0.2) is 22.7 Å². The van der Waals surface area contributed by atoms with E-state index in [2.05, 4.69) is 15.1 Å². The number of carbonyl (C=O) groups excluding carboxylic acids is 1.